The van der Waals surface area contributed by atoms with Crippen molar-refractivity contribution in [2.45, 2.75) is 6.92 Å². The summed E-state index contributed by atoms with van der Waals surface area (Å²) in [6.45, 7) is 2.62. The van der Waals surface area contributed by atoms with Crippen molar-refractivity contribution in [3.63, 3.8) is 0 Å². The topological polar surface area (TPSA) is 53.1 Å². The summed E-state index contributed by atoms with van der Waals surface area (Å²) in [6.07, 6.45) is 0. The second kappa shape index (κ2) is 5.17. The molecule has 0 saturated heterocycles. The molecular formula is C15H14BrN3O. The van der Waals surface area contributed by atoms with Crippen LogP contribution in [0.25, 0.3) is 16.7 Å². The maximum atomic E-state index is 6.04. The first-order valence-electron chi connectivity index (χ1n) is 6.35. The third-order valence-corrected chi connectivity index (χ3v) is 3.54. The lowest BCUT2D eigenvalue weighted by molar-refractivity contribution is 0.340. The van der Waals surface area contributed by atoms with Crippen LogP contribution < -0.4 is 10.5 Å². The van der Waals surface area contributed by atoms with E-state index in [4.69, 9.17) is 10.5 Å². The van der Waals surface area contributed by atoms with Crippen molar-refractivity contribution < 1.29 is 4.74 Å². The van der Waals surface area contributed by atoms with Crippen molar-refractivity contribution in [1.82, 2.24) is 9.55 Å². The molecule has 0 aliphatic carbocycles. The fraction of sp³-hybridized carbons (Fsp3) is 0.133. The molecule has 0 radical (unpaired) electrons. The molecule has 0 saturated carbocycles. The third-order valence-electron chi connectivity index (χ3n) is 3.05. The fourth-order valence-corrected chi connectivity index (χ4v) is 2.55. The number of rotatable bonds is 3. The number of benzene rings is 2. The molecule has 0 atom stereocenters. The number of hydrogen-bond acceptors (Lipinski definition) is 3. The van der Waals surface area contributed by atoms with Gasteiger partial charge in [-0.15, -0.1) is 0 Å². The van der Waals surface area contributed by atoms with Gasteiger partial charge >= 0.3 is 0 Å². The Morgan fingerprint density at radius 3 is 2.65 bits per heavy atom. The highest BCUT2D eigenvalue weighted by Gasteiger charge is 2.10. The Hall–Kier alpha value is -2.01. The second-order valence-electron chi connectivity index (χ2n) is 4.37. The number of nitrogen functional groups attached to an aromatic ring is 1. The van der Waals surface area contributed by atoms with Crippen LogP contribution in [0.5, 0.6) is 5.75 Å². The summed E-state index contributed by atoms with van der Waals surface area (Å²) in [5, 5.41) is 0. The van der Waals surface area contributed by atoms with Gasteiger partial charge in [0.1, 0.15) is 5.75 Å². The Balaban J connectivity index is 2.11. The van der Waals surface area contributed by atoms with Crippen LogP contribution in [0.4, 0.5) is 5.95 Å². The van der Waals surface area contributed by atoms with Gasteiger partial charge in [0.2, 0.25) is 5.95 Å². The Labute approximate surface area is 125 Å². The van der Waals surface area contributed by atoms with E-state index >= 15 is 0 Å². The molecule has 0 fully saturated rings. The first-order valence-corrected chi connectivity index (χ1v) is 7.15. The molecule has 2 N–H and O–H groups in total. The molecule has 0 amide bonds. The molecule has 0 spiro atoms. The maximum Gasteiger partial charge on any atom is 0.205 e. The molecule has 2 aromatic carbocycles. The fourth-order valence-electron chi connectivity index (χ4n) is 2.20. The van der Waals surface area contributed by atoms with Crippen LogP contribution in [0.3, 0.4) is 0 Å². The average Bonchev–Trinajstić information content (AvgIpc) is 2.75. The third kappa shape index (κ3) is 2.25. The molecule has 5 heteroatoms. The number of imidazole rings is 1. The standard InChI is InChI=1S/C15H14BrN3O/c1-2-20-12-6-4-11(5-7-12)19-14-8-3-10(16)9-13(14)18-15(19)17/h3-9H,2H2,1H3,(H2,17,18). The van der Waals surface area contributed by atoms with Gasteiger partial charge in [-0.25, -0.2) is 4.98 Å². The molecule has 1 heterocycles. The molecule has 102 valence electrons. The van der Waals surface area contributed by atoms with E-state index in [0.29, 0.717) is 12.6 Å². The van der Waals surface area contributed by atoms with Gasteiger partial charge in [-0.3, -0.25) is 4.57 Å². The SMILES string of the molecule is CCOc1ccc(-n2c(N)nc3cc(Br)ccc32)cc1. The minimum absolute atomic E-state index is 0.474. The van der Waals surface area contributed by atoms with E-state index in [2.05, 4.69) is 20.9 Å². The van der Waals surface area contributed by atoms with Gasteiger partial charge in [-0.05, 0) is 49.4 Å². The lowest BCUT2D eigenvalue weighted by Crippen LogP contribution is -2.00. The van der Waals surface area contributed by atoms with Crippen molar-refractivity contribution in [1.29, 1.82) is 0 Å². The zero-order valence-corrected chi connectivity index (χ0v) is 12.6. The number of ether oxygens (including phenoxy) is 1. The number of anilines is 1. The minimum Gasteiger partial charge on any atom is -0.494 e. The highest BCUT2D eigenvalue weighted by Crippen LogP contribution is 2.26. The number of halogens is 1. The quantitative estimate of drug-likeness (QED) is 0.794. The van der Waals surface area contributed by atoms with Crippen LogP contribution in [0.15, 0.2) is 46.9 Å². The predicted molar refractivity (Wildman–Crippen MR) is 84.4 cm³/mol. The second-order valence-corrected chi connectivity index (χ2v) is 5.28. The highest BCUT2D eigenvalue weighted by molar-refractivity contribution is 9.10. The summed E-state index contributed by atoms with van der Waals surface area (Å²) in [5.41, 5.74) is 8.85. The van der Waals surface area contributed by atoms with Crippen LogP contribution in [0.1, 0.15) is 6.92 Å². The average molecular weight is 332 g/mol. The largest absolute Gasteiger partial charge is 0.494 e. The van der Waals surface area contributed by atoms with Crippen molar-refractivity contribution in [3.05, 3.63) is 46.9 Å². The summed E-state index contributed by atoms with van der Waals surface area (Å²) >= 11 is 3.44. The molecule has 1 aromatic heterocycles. The van der Waals surface area contributed by atoms with Crippen LogP contribution in [0, 0.1) is 0 Å². The number of hydrogen-bond donors (Lipinski definition) is 1. The number of nitrogens with two attached hydrogens (primary N) is 1. The Morgan fingerprint density at radius 2 is 1.95 bits per heavy atom. The lowest BCUT2D eigenvalue weighted by Gasteiger charge is -2.08. The van der Waals surface area contributed by atoms with Crippen molar-refractivity contribution >= 4 is 32.9 Å². The highest BCUT2D eigenvalue weighted by atomic mass is 79.9. The summed E-state index contributed by atoms with van der Waals surface area (Å²) in [6, 6.07) is 13.8. The molecule has 3 rings (SSSR count). The van der Waals surface area contributed by atoms with Crippen molar-refractivity contribution in [2.75, 3.05) is 12.3 Å². The predicted octanol–water partition coefficient (Wildman–Crippen LogP) is 3.77. The molecule has 3 aromatic rings. The van der Waals surface area contributed by atoms with Gasteiger partial charge in [0.15, 0.2) is 0 Å². The van der Waals surface area contributed by atoms with E-state index in [-0.39, 0.29) is 0 Å². The number of fused-ring (bicyclic) bond motifs is 1. The van der Waals surface area contributed by atoms with Gasteiger partial charge in [0, 0.05) is 10.2 Å². The zero-order chi connectivity index (χ0) is 14.1. The van der Waals surface area contributed by atoms with Gasteiger partial charge in [0.25, 0.3) is 0 Å². The Bertz CT molecular complexity index is 750. The molecule has 0 aliphatic heterocycles. The summed E-state index contributed by atoms with van der Waals surface area (Å²) < 4.78 is 8.36. The summed E-state index contributed by atoms with van der Waals surface area (Å²) in [5.74, 6) is 1.32. The summed E-state index contributed by atoms with van der Waals surface area (Å²) in [7, 11) is 0. The van der Waals surface area contributed by atoms with Crippen molar-refractivity contribution in [2.24, 2.45) is 0 Å². The van der Waals surface area contributed by atoms with E-state index < -0.39 is 0 Å². The first kappa shape index (κ1) is 13.0. The lowest BCUT2D eigenvalue weighted by atomic mass is 10.2. The van der Waals surface area contributed by atoms with E-state index in [1.807, 2.05) is 54.0 Å². The van der Waals surface area contributed by atoms with E-state index in [1.165, 1.54) is 0 Å². The number of nitrogens with zero attached hydrogens (tertiary/aromatic N) is 2. The molecule has 0 bridgehead atoms. The van der Waals surface area contributed by atoms with E-state index in [9.17, 15) is 0 Å². The van der Waals surface area contributed by atoms with Crippen LogP contribution in [-0.2, 0) is 0 Å². The van der Waals surface area contributed by atoms with Gasteiger partial charge in [-0.1, -0.05) is 15.9 Å². The monoisotopic (exact) mass is 331 g/mol. The van der Waals surface area contributed by atoms with Gasteiger partial charge in [0.05, 0.1) is 17.6 Å². The van der Waals surface area contributed by atoms with Crippen LogP contribution in [-0.4, -0.2) is 16.2 Å². The number of aromatic nitrogens is 2. The van der Waals surface area contributed by atoms with Gasteiger partial charge in [-0.2, -0.15) is 0 Å². The molecule has 4 nitrogen and oxygen atoms in total. The molecule has 0 unspecified atom stereocenters. The summed E-state index contributed by atoms with van der Waals surface area (Å²) in [4.78, 5) is 4.39. The normalized spacial score (nSPS) is 10.9. The molecule has 0 aliphatic rings. The van der Waals surface area contributed by atoms with Crippen LogP contribution >= 0.6 is 15.9 Å². The zero-order valence-electron chi connectivity index (χ0n) is 11.0. The Kier molecular flexibility index (Phi) is 3.36. The minimum atomic E-state index is 0.474. The maximum absolute atomic E-state index is 6.04. The van der Waals surface area contributed by atoms with E-state index in [0.717, 1.165) is 26.9 Å². The van der Waals surface area contributed by atoms with Crippen LogP contribution in [0.2, 0.25) is 0 Å². The Morgan fingerprint density at radius 1 is 1.20 bits per heavy atom. The molecule has 20 heavy (non-hydrogen) atoms. The van der Waals surface area contributed by atoms with E-state index in [1.54, 1.807) is 0 Å². The smallest absolute Gasteiger partial charge is 0.205 e. The van der Waals surface area contributed by atoms with Gasteiger partial charge < -0.3 is 10.5 Å². The molecular weight excluding hydrogens is 318 g/mol. The van der Waals surface area contributed by atoms with Crippen molar-refractivity contribution in [3.8, 4) is 11.4 Å². The first-order chi connectivity index (χ1) is 9.69.